The van der Waals surface area contributed by atoms with Gasteiger partial charge in [-0.1, -0.05) is 11.6 Å². The van der Waals surface area contributed by atoms with Gasteiger partial charge < -0.3 is 10.4 Å². The minimum atomic E-state index is -1.25. The largest absolute Gasteiger partial charge is 0.478 e. The molecule has 88 valence electrons. The smallest absolute Gasteiger partial charge is 0.337 e. The predicted octanol–water partition coefficient (Wildman–Crippen LogP) is 1.09. The van der Waals surface area contributed by atoms with Crippen molar-refractivity contribution >= 4 is 35.2 Å². The topological polar surface area (TPSA) is 86.7 Å². The molecule has 1 aromatic rings. The van der Waals surface area contributed by atoms with E-state index in [9.17, 15) is 14.4 Å². The van der Waals surface area contributed by atoms with E-state index in [1.807, 2.05) is 0 Å². The van der Waals surface area contributed by atoms with Crippen molar-refractivity contribution in [1.29, 1.82) is 0 Å². The number of hydrogen-bond acceptors (Lipinski definition) is 3. The van der Waals surface area contributed by atoms with E-state index in [2.05, 4.69) is 5.32 Å². The summed E-state index contributed by atoms with van der Waals surface area (Å²) in [6.45, 7) is -0.138. The van der Waals surface area contributed by atoms with E-state index in [1.54, 1.807) is 0 Å². The summed E-state index contributed by atoms with van der Waals surface area (Å²) in [5, 5.41) is 11.5. The fourth-order valence-electron chi connectivity index (χ4n) is 1.54. The van der Waals surface area contributed by atoms with Crippen molar-refractivity contribution in [2.75, 3.05) is 11.4 Å². The van der Waals surface area contributed by atoms with Crippen LogP contribution in [0.25, 0.3) is 0 Å². The highest BCUT2D eigenvalue weighted by Crippen LogP contribution is 2.26. The molecule has 0 saturated carbocycles. The van der Waals surface area contributed by atoms with Gasteiger partial charge in [-0.15, -0.1) is 0 Å². The molecular formula is C10H7ClN2O4. The standard InChI is InChI=1S/C10H7ClN2O4/c11-5-1-2-7(6(3-5)9(15)16)13-8(14)4-12-10(13)17/h1-3H,4H2,(H,12,17)(H,15,16). The Labute approximate surface area is 101 Å². The van der Waals surface area contributed by atoms with Crippen LogP contribution in [-0.4, -0.2) is 29.6 Å². The van der Waals surface area contributed by atoms with Crippen LogP contribution in [-0.2, 0) is 4.79 Å². The summed E-state index contributed by atoms with van der Waals surface area (Å²) in [4.78, 5) is 34.7. The van der Waals surface area contributed by atoms with Crippen molar-refractivity contribution in [2.24, 2.45) is 0 Å². The molecule has 0 aromatic heterocycles. The summed E-state index contributed by atoms with van der Waals surface area (Å²) in [7, 11) is 0. The average molecular weight is 255 g/mol. The zero-order chi connectivity index (χ0) is 12.6. The highest BCUT2D eigenvalue weighted by Gasteiger charge is 2.32. The molecule has 3 amide bonds. The number of rotatable bonds is 2. The average Bonchev–Trinajstić information content (AvgIpc) is 2.59. The Morgan fingerprint density at radius 2 is 2.12 bits per heavy atom. The molecule has 0 bridgehead atoms. The maximum atomic E-state index is 11.5. The number of urea groups is 1. The summed E-state index contributed by atoms with van der Waals surface area (Å²) in [5.74, 6) is -1.75. The van der Waals surface area contributed by atoms with Gasteiger partial charge in [0.05, 0.1) is 17.8 Å². The third-order valence-electron chi connectivity index (χ3n) is 2.27. The summed E-state index contributed by atoms with van der Waals surface area (Å²) in [6.07, 6.45) is 0. The van der Waals surface area contributed by atoms with E-state index in [0.717, 1.165) is 4.90 Å². The lowest BCUT2D eigenvalue weighted by Crippen LogP contribution is -2.32. The maximum absolute atomic E-state index is 11.5. The highest BCUT2D eigenvalue weighted by molar-refractivity contribution is 6.31. The van der Waals surface area contributed by atoms with Gasteiger partial charge in [-0.3, -0.25) is 4.79 Å². The lowest BCUT2D eigenvalue weighted by atomic mass is 10.1. The van der Waals surface area contributed by atoms with Crippen LogP contribution in [0.4, 0.5) is 10.5 Å². The molecule has 0 aliphatic carbocycles. The van der Waals surface area contributed by atoms with Gasteiger partial charge in [-0.2, -0.15) is 0 Å². The molecule has 2 rings (SSSR count). The number of amides is 3. The Bertz CT molecular complexity index is 513. The van der Waals surface area contributed by atoms with Crippen LogP contribution in [0, 0.1) is 0 Å². The van der Waals surface area contributed by atoms with Crippen molar-refractivity contribution in [3.8, 4) is 0 Å². The van der Waals surface area contributed by atoms with Gasteiger partial charge in [0.25, 0.3) is 5.91 Å². The Balaban J connectivity index is 2.55. The summed E-state index contributed by atoms with van der Waals surface area (Å²) in [6, 6.07) is 3.30. The van der Waals surface area contributed by atoms with Gasteiger partial charge in [0.1, 0.15) is 0 Å². The van der Waals surface area contributed by atoms with E-state index in [0.29, 0.717) is 0 Å². The van der Waals surface area contributed by atoms with Crippen LogP contribution in [0.1, 0.15) is 10.4 Å². The molecule has 1 aromatic carbocycles. The minimum absolute atomic E-state index is 0.0156. The summed E-state index contributed by atoms with van der Waals surface area (Å²) < 4.78 is 0. The second-order valence-electron chi connectivity index (χ2n) is 3.35. The molecule has 1 saturated heterocycles. The predicted molar refractivity (Wildman–Crippen MR) is 59.3 cm³/mol. The number of benzene rings is 1. The third kappa shape index (κ3) is 1.94. The molecule has 2 N–H and O–H groups in total. The number of carbonyl (C=O) groups is 3. The molecule has 1 aliphatic rings. The first-order chi connectivity index (χ1) is 8.00. The van der Waals surface area contributed by atoms with Crippen LogP contribution < -0.4 is 10.2 Å². The Morgan fingerprint density at radius 3 is 2.65 bits per heavy atom. The number of carboxylic acids is 1. The van der Waals surface area contributed by atoms with Gasteiger partial charge in [-0.05, 0) is 18.2 Å². The summed E-state index contributed by atoms with van der Waals surface area (Å²) >= 11 is 5.67. The number of nitrogens with one attached hydrogen (secondary N) is 1. The van der Waals surface area contributed by atoms with Gasteiger partial charge in [-0.25, -0.2) is 14.5 Å². The van der Waals surface area contributed by atoms with E-state index in [4.69, 9.17) is 16.7 Å². The molecule has 6 nitrogen and oxygen atoms in total. The van der Waals surface area contributed by atoms with Crippen LogP contribution in [0.5, 0.6) is 0 Å². The molecular weight excluding hydrogens is 248 g/mol. The van der Waals surface area contributed by atoms with Gasteiger partial charge in [0, 0.05) is 5.02 Å². The van der Waals surface area contributed by atoms with Crippen molar-refractivity contribution in [1.82, 2.24) is 5.32 Å². The third-order valence-corrected chi connectivity index (χ3v) is 2.51. The number of imide groups is 1. The number of nitrogens with zero attached hydrogens (tertiary/aromatic N) is 1. The second-order valence-corrected chi connectivity index (χ2v) is 3.79. The zero-order valence-corrected chi connectivity index (χ0v) is 9.19. The SMILES string of the molecule is O=C(O)c1cc(Cl)ccc1N1C(=O)CNC1=O. The summed E-state index contributed by atoms with van der Waals surface area (Å²) in [5.41, 5.74) is -0.176. The van der Waals surface area contributed by atoms with Gasteiger partial charge >= 0.3 is 12.0 Å². The number of halogens is 1. The fraction of sp³-hybridized carbons (Fsp3) is 0.100. The highest BCUT2D eigenvalue weighted by atomic mass is 35.5. The Kier molecular flexibility index (Phi) is 2.72. The molecule has 1 aliphatic heterocycles. The number of anilines is 1. The lowest BCUT2D eigenvalue weighted by molar-refractivity contribution is -0.115. The molecule has 17 heavy (non-hydrogen) atoms. The van der Waals surface area contributed by atoms with E-state index >= 15 is 0 Å². The molecule has 0 atom stereocenters. The maximum Gasteiger partial charge on any atom is 0.337 e. The van der Waals surface area contributed by atoms with Crippen molar-refractivity contribution < 1.29 is 19.5 Å². The molecule has 0 unspecified atom stereocenters. The van der Waals surface area contributed by atoms with Gasteiger partial charge in [0.15, 0.2) is 0 Å². The Hall–Kier alpha value is -2.08. The molecule has 7 heteroatoms. The molecule has 1 heterocycles. The fourth-order valence-corrected chi connectivity index (χ4v) is 1.71. The Morgan fingerprint density at radius 1 is 1.41 bits per heavy atom. The monoisotopic (exact) mass is 254 g/mol. The quantitative estimate of drug-likeness (QED) is 0.774. The van der Waals surface area contributed by atoms with Crippen LogP contribution >= 0.6 is 11.6 Å². The van der Waals surface area contributed by atoms with Gasteiger partial charge in [0.2, 0.25) is 0 Å². The van der Waals surface area contributed by atoms with Crippen LogP contribution in [0.3, 0.4) is 0 Å². The first-order valence-corrected chi connectivity index (χ1v) is 5.02. The number of carbonyl (C=O) groups excluding carboxylic acids is 2. The molecule has 0 spiro atoms. The lowest BCUT2D eigenvalue weighted by Gasteiger charge is -2.15. The molecule has 1 fully saturated rings. The number of carboxylic acid groups (broad SMARTS) is 1. The van der Waals surface area contributed by atoms with Crippen molar-refractivity contribution in [3.05, 3.63) is 28.8 Å². The van der Waals surface area contributed by atoms with E-state index in [1.165, 1.54) is 18.2 Å². The first-order valence-electron chi connectivity index (χ1n) is 4.64. The normalized spacial score (nSPS) is 15.0. The van der Waals surface area contributed by atoms with Crippen LogP contribution in [0.15, 0.2) is 18.2 Å². The number of aromatic carboxylic acids is 1. The van der Waals surface area contributed by atoms with Crippen LogP contribution in [0.2, 0.25) is 5.02 Å². The van der Waals surface area contributed by atoms with Crippen molar-refractivity contribution in [3.63, 3.8) is 0 Å². The minimum Gasteiger partial charge on any atom is -0.478 e. The zero-order valence-electron chi connectivity index (χ0n) is 8.44. The van der Waals surface area contributed by atoms with E-state index < -0.39 is 17.9 Å². The van der Waals surface area contributed by atoms with Crippen molar-refractivity contribution in [2.45, 2.75) is 0 Å². The number of hydrogen-bond donors (Lipinski definition) is 2. The second kappa shape index (κ2) is 4.06. The molecule has 0 radical (unpaired) electrons. The van der Waals surface area contributed by atoms with E-state index in [-0.39, 0.29) is 22.8 Å². The first kappa shape index (κ1) is 11.4.